The Labute approximate surface area is 99.6 Å². The molecule has 2 unspecified atom stereocenters. The first kappa shape index (κ1) is 13.9. The molecular formula is C13H27NO2. The molecule has 0 bridgehead atoms. The van der Waals surface area contributed by atoms with E-state index in [-0.39, 0.29) is 12.1 Å². The fourth-order valence-electron chi connectivity index (χ4n) is 2.06. The van der Waals surface area contributed by atoms with E-state index in [1.165, 1.54) is 32.1 Å². The molecule has 1 aliphatic rings. The summed E-state index contributed by atoms with van der Waals surface area (Å²) >= 11 is 0. The number of unbranched alkanes of at least 4 members (excludes halogenated alkanes) is 3. The maximum absolute atomic E-state index is 9.50. The summed E-state index contributed by atoms with van der Waals surface area (Å²) in [7, 11) is 0. The van der Waals surface area contributed by atoms with Gasteiger partial charge in [-0.25, -0.2) is 0 Å². The second-order valence-corrected chi connectivity index (χ2v) is 5.26. The van der Waals surface area contributed by atoms with Crippen molar-refractivity contribution in [2.75, 3.05) is 19.8 Å². The summed E-state index contributed by atoms with van der Waals surface area (Å²) in [5, 5.41) is 12.9. The smallest absolute Gasteiger partial charge is 0.0948 e. The predicted octanol–water partition coefficient (Wildman–Crippen LogP) is 1.94. The van der Waals surface area contributed by atoms with Crippen molar-refractivity contribution in [3.8, 4) is 0 Å². The summed E-state index contributed by atoms with van der Waals surface area (Å²) in [6.45, 7) is 6.72. The van der Waals surface area contributed by atoms with E-state index in [0.717, 1.165) is 12.5 Å². The van der Waals surface area contributed by atoms with Crippen LogP contribution in [0.5, 0.6) is 0 Å². The third kappa shape index (κ3) is 5.83. The summed E-state index contributed by atoms with van der Waals surface area (Å²) in [5.41, 5.74) is 0. The molecule has 96 valence electrons. The Balaban J connectivity index is 1.84. The number of aliphatic hydroxyl groups excluding tert-OH is 1. The van der Waals surface area contributed by atoms with Crippen molar-refractivity contribution in [2.24, 2.45) is 5.92 Å². The third-order valence-electron chi connectivity index (χ3n) is 3.17. The number of hydrogen-bond donors (Lipinski definition) is 2. The highest BCUT2D eigenvalue weighted by Crippen LogP contribution is 2.09. The second-order valence-electron chi connectivity index (χ2n) is 5.26. The number of hydrogen-bond acceptors (Lipinski definition) is 3. The third-order valence-corrected chi connectivity index (χ3v) is 3.17. The lowest BCUT2D eigenvalue weighted by molar-refractivity contribution is 0.122. The van der Waals surface area contributed by atoms with E-state index in [4.69, 9.17) is 4.74 Å². The highest BCUT2D eigenvalue weighted by molar-refractivity contribution is 4.80. The number of nitrogens with one attached hydrogen (secondary N) is 1. The molecule has 0 aromatic rings. The largest absolute Gasteiger partial charge is 0.389 e. The maximum Gasteiger partial charge on any atom is 0.0948 e. The van der Waals surface area contributed by atoms with Crippen molar-refractivity contribution in [1.82, 2.24) is 5.32 Å². The summed E-state index contributed by atoms with van der Waals surface area (Å²) in [6, 6.07) is 0.163. The summed E-state index contributed by atoms with van der Waals surface area (Å²) in [5.74, 6) is 0.837. The molecule has 3 heteroatoms. The Morgan fingerprint density at radius 3 is 2.56 bits per heavy atom. The molecule has 1 heterocycles. The van der Waals surface area contributed by atoms with E-state index < -0.39 is 0 Å². The molecule has 1 rings (SSSR count). The minimum Gasteiger partial charge on any atom is -0.389 e. The summed E-state index contributed by atoms with van der Waals surface area (Å²) in [4.78, 5) is 0. The van der Waals surface area contributed by atoms with Gasteiger partial charge in [0.15, 0.2) is 0 Å². The molecule has 0 amide bonds. The first-order chi connectivity index (χ1) is 7.70. The molecule has 0 aromatic carbocycles. The van der Waals surface area contributed by atoms with Crippen LogP contribution in [-0.4, -0.2) is 37.0 Å². The van der Waals surface area contributed by atoms with Gasteiger partial charge in [0.2, 0.25) is 0 Å². The fourth-order valence-corrected chi connectivity index (χ4v) is 2.06. The summed E-state index contributed by atoms with van der Waals surface area (Å²) in [6.07, 6.45) is 6.24. The molecule has 2 N–H and O–H groups in total. The first-order valence-electron chi connectivity index (χ1n) is 6.69. The molecule has 2 atom stereocenters. The first-order valence-corrected chi connectivity index (χ1v) is 6.69. The van der Waals surface area contributed by atoms with E-state index in [2.05, 4.69) is 19.2 Å². The number of rotatable bonds is 8. The van der Waals surface area contributed by atoms with Gasteiger partial charge in [-0.15, -0.1) is 0 Å². The molecule has 0 saturated carbocycles. The average Bonchev–Trinajstić information content (AvgIpc) is 2.62. The van der Waals surface area contributed by atoms with Gasteiger partial charge >= 0.3 is 0 Å². The zero-order valence-corrected chi connectivity index (χ0v) is 10.7. The minimum atomic E-state index is -0.305. The van der Waals surface area contributed by atoms with Gasteiger partial charge in [-0.3, -0.25) is 0 Å². The molecular weight excluding hydrogens is 202 g/mol. The lowest BCUT2D eigenvalue weighted by Gasteiger charge is -2.14. The van der Waals surface area contributed by atoms with Crippen molar-refractivity contribution in [3.63, 3.8) is 0 Å². The van der Waals surface area contributed by atoms with Gasteiger partial charge in [0.25, 0.3) is 0 Å². The van der Waals surface area contributed by atoms with Crippen LogP contribution >= 0.6 is 0 Å². The van der Waals surface area contributed by atoms with Gasteiger partial charge in [-0.1, -0.05) is 39.5 Å². The van der Waals surface area contributed by atoms with Crippen LogP contribution in [0.3, 0.4) is 0 Å². The Morgan fingerprint density at radius 2 is 1.94 bits per heavy atom. The highest BCUT2D eigenvalue weighted by Gasteiger charge is 2.24. The average molecular weight is 229 g/mol. The van der Waals surface area contributed by atoms with E-state index >= 15 is 0 Å². The van der Waals surface area contributed by atoms with Gasteiger partial charge < -0.3 is 15.2 Å². The zero-order valence-electron chi connectivity index (χ0n) is 10.7. The molecule has 3 nitrogen and oxygen atoms in total. The Bertz CT molecular complexity index is 173. The zero-order chi connectivity index (χ0) is 11.8. The van der Waals surface area contributed by atoms with Crippen LogP contribution in [0.25, 0.3) is 0 Å². The van der Waals surface area contributed by atoms with Crippen LogP contribution < -0.4 is 5.32 Å². The van der Waals surface area contributed by atoms with Crippen molar-refractivity contribution >= 4 is 0 Å². The van der Waals surface area contributed by atoms with Crippen molar-refractivity contribution in [3.05, 3.63) is 0 Å². The molecule has 1 saturated heterocycles. The van der Waals surface area contributed by atoms with Gasteiger partial charge in [0, 0.05) is 0 Å². The number of aliphatic hydroxyl groups is 1. The Hall–Kier alpha value is -0.120. The van der Waals surface area contributed by atoms with Gasteiger partial charge in [-0.05, 0) is 18.9 Å². The van der Waals surface area contributed by atoms with Gasteiger partial charge in [0.05, 0.1) is 25.4 Å². The molecule has 0 spiro atoms. The Morgan fingerprint density at radius 1 is 1.19 bits per heavy atom. The van der Waals surface area contributed by atoms with Crippen molar-refractivity contribution < 1.29 is 9.84 Å². The van der Waals surface area contributed by atoms with E-state index in [1.54, 1.807) is 0 Å². The Kier molecular flexibility index (Phi) is 7.01. The molecule has 1 aliphatic heterocycles. The van der Waals surface area contributed by atoms with Crippen LogP contribution in [0.15, 0.2) is 0 Å². The maximum atomic E-state index is 9.50. The molecule has 0 aliphatic carbocycles. The van der Waals surface area contributed by atoms with Gasteiger partial charge in [-0.2, -0.15) is 0 Å². The highest BCUT2D eigenvalue weighted by atomic mass is 16.5. The van der Waals surface area contributed by atoms with Crippen LogP contribution in [0.1, 0.15) is 46.0 Å². The van der Waals surface area contributed by atoms with Crippen molar-refractivity contribution in [1.29, 1.82) is 0 Å². The van der Waals surface area contributed by atoms with Crippen LogP contribution in [0, 0.1) is 5.92 Å². The molecule has 16 heavy (non-hydrogen) atoms. The lowest BCUT2D eigenvalue weighted by Crippen LogP contribution is -2.39. The second kappa shape index (κ2) is 8.04. The normalized spacial score (nSPS) is 25.5. The lowest BCUT2D eigenvalue weighted by atomic mass is 10.0. The standard InChI is InChI=1S/C13H27NO2/c1-11(2)7-5-3-4-6-8-14-12-9-16-10-13(12)15/h11-15H,3-10H2,1-2H3. The molecule has 0 aromatic heterocycles. The quantitative estimate of drug-likeness (QED) is 0.625. The molecule has 0 radical (unpaired) electrons. The summed E-state index contributed by atoms with van der Waals surface area (Å²) < 4.78 is 5.18. The van der Waals surface area contributed by atoms with E-state index in [9.17, 15) is 5.11 Å². The fraction of sp³-hybridized carbons (Fsp3) is 1.00. The van der Waals surface area contributed by atoms with E-state index in [0.29, 0.717) is 13.2 Å². The SMILES string of the molecule is CC(C)CCCCCCNC1COCC1O. The van der Waals surface area contributed by atoms with E-state index in [1.807, 2.05) is 0 Å². The van der Waals surface area contributed by atoms with Gasteiger partial charge in [0.1, 0.15) is 0 Å². The predicted molar refractivity (Wildman–Crippen MR) is 66.5 cm³/mol. The topological polar surface area (TPSA) is 41.5 Å². The van der Waals surface area contributed by atoms with Crippen LogP contribution in [0.4, 0.5) is 0 Å². The van der Waals surface area contributed by atoms with Crippen molar-refractivity contribution in [2.45, 2.75) is 58.1 Å². The van der Waals surface area contributed by atoms with Crippen LogP contribution in [-0.2, 0) is 4.74 Å². The monoisotopic (exact) mass is 229 g/mol. The molecule has 1 fully saturated rings. The number of ether oxygens (including phenoxy) is 1. The van der Waals surface area contributed by atoms with Crippen LogP contribution in [0.2, 0.25) is 0 Å². The minimum absolute atomic E-state index is 0.163.